The van der Waals surface area contributed by atoms with E-state index in [9.17, 15) is 4.79 Å². The van der Waals surface area contributed by atoms with E-state index >= 15 is 0 Å². The van der Waals surface area contributed by atoms with Crippen molar-refractivity contribution in [3.63, 3.8) is 0 Å². The summed E-state index contributed by atoms with van der Waals surface area (Å²) in [6.45, 7) is 3.84. The topological polar surface area (TPSA) is 34.4 Å². The molecule has 0 fully saturated rings. The molecule has 25 heavy (non-hydrogen) atoms. The zero-order chi connectivity index (χ0) is 18.1. The van der Waals surface area contributed by atoms with E-state index in [1.807, 2.05) is 37.4 Å². The van der Waals surface area contributed by atoms with Crippen LogP contribution in [0.25, 0.3) is 5.69 Å². The van der Waals surface area contributed by atoms with Crippen LogP contribution in [0.2, 0.25) is 15.1 Å². The van der Waals surface area contributed by atoms with Gasteiger partial charge in [0.25, 0.3) is 5.91 Å². The Morgan fingerprint density at radius 3 is 2.48 bits per heavy atom. The molecule has 1 aromatic heterocycles. The van der Waals surface area contributed by atoms with Gasteiger partial charge in [0.2, 0.25) is 0 Å². The molecule has 128 valence electrons. The van der Waals surface area contributed by atoms with E-state index in [-0.39, 0.29) is 5.91 Å². The van der Waals surface area contributed by atoms with Gasteiger partial charge in [-0.1, -0.05) is 52.5 Å². The minimum absolute atomic E-state index is 0.310. The lowest BCUT2D eigenvalue weighted by Gasteiger charge is -2.10. The van der Waals surface area contributed by atoms with Crippen LogP contribution >= 0.6 is 46.1 Å². The third-order valence-corrected chi connectivity index (χ3v) is 5.54. The second kappa shape index (κ2) is 7.34. The molecule has 0 aliphatic carbocycles. The van der Waals surface area contributed by atoms with Gasteiger partial charge in [-0.25, -0.2) is 0 Å². The van der Waals surface area contributed by atoms with Gasteiger partial charge in [0, 0.05) is 16.6 Å². The first-order chi connectivity index (χ1) is 11.9. The number of aryl methyl sites for hydroxylation is 2. The minimum Gasteiger partial charge on any atom is -0.288 e. The Labute approximate surface area is 164 Å². The highest BCUT2D eigenvalue weighted by molar-refractivity contribution is 7.07. The molecule has 3 rings (SSSR count). The molecule has 1 amide bonds. The molecule has 0 aliphatic rings. The van der Waals surface area contributed by atoms with Crippen molar-refractivity contribution in [1.29, 1.82) is 0 Å². The van der Waals surface area contributed by atoms with Crippen molar-refractivity contribution in [3.8, 4) is 5.69 Å². The standard InChI is InChI=1S/C18H13Cl3N2OS/c1-10-4-3-5-12(6-10)17(24)22-18-23(11(2)9-25-18)16-8-14(20)13(19)7-15(16)21/h3-9H,1-2H3. The Hall–Kier alpha value is -1.59. The van der Waals surface area contributed by atoms with Gasteiger partial charge in [0.15, 0.2) is 4.80 Å². The molecule has 2 aromatic carbocycles. The molecule has 7 heteroatoms. The largest absolute Gasteiger partial charge is 0.288 e. The molecule has 3 aromatic rings. The molecule has 0 atom stereocenters. The average Bonchev–Trinajstić information content (AvgIpc) is 2.91. The van der Waals surface area contributed by atoms with E-state index in [0.29, 0.717) is 31.1 Å². The van der Waals surface area contributed by atoms with Gasteiger partial charge in [0.05, 0.1) is 20.8 Å². The monoisotopic (exact) mass is 410 g/mol. The van der Waals surface area contributed by atoms with Crippen LogP contribution in [0.3, 0.4) is 0 Å². The highest BCUT2D eigenvalue weighted by atomic mass is 35.5. The first-order valence-corrected chi connectivity index (χ1v) is 9.36. The SMILES string of the molecule is Cc1cccc(C(=O)N=c2scc(C)n2-c2cc(Cl)c(Cl)cc2Cl)c1. The van der Waals surface area contributed by atoms with Crippen LogP contribution in [-0.2, 0) is 0 Å². The Morgan fingerprint density at radius 2 is 1.76 bits per heavy atom. The van der Waals surface area contributed by atoms with Gasteiger partial charge in [0.1, 0.15) is 0 Å². The highest BCUT2D eigenvalue weighted by Gasteiger charge is 2.13. The predicted octanol–water partition coefficient (Wildman–Crippen LogP) is 5.86. The lowest BCUT2D eigenvalue weighted by Crippen LogP contribution is -2.17. The summed E-state index contributed by atoms with van der Waals surface area (Å²) in [4.78, 5) is 17.3. The molecule has 0 N–H and O–H groups in total. The van der Waals surface area contributed by atoms with E-state index in [4.69, 9.17) is 34.8 Å². The summed E-state index contributed by atoms with van der Waals surface area (Å²) >= 11 is 19.8. The number of carbonyl (C=O) groups is 1. The molecular formula is C18H13Cl3N2OS. The molecule has 0 radical (unpaired) electrons. The zero-order valence-corrected chi connectivity index (χ0v) is 16.5. The quantitative estimate of drug-likeness (QED) is 0.486. The highest BCUT2D eigenvalue weighted by Crippen LogP contribution is 2.31. The van der Waals surface area contributed by atoms with Crippen molar-refractivity contribution in [2.24, 2.45) is 4.99 Å². The van der Waals surface area contributed by atoms with Crippen LogP contribution in [0.15, 0.2) is 46.8 Å². The zero-order valence-electron chi connectivity index (χ0n) is 13.4. The molecule has 3 nitrogen and oxygen atoms in total. The second-order valence-corrected chi connectivity index (χ2v) is 7.56. The third-order valence-electron chi connectivity index (χ3n) is 3.57. The van der Waals surface area contributed by atoms with Crippen molar-refractivity contribution >= 4 is 52.0 Å². The summed E-state index contributed by atoms with van der Waals surface area (Å²) in [7, 11) is 0. The van der Waals surface area contributed by atoms with E-state index in [0.717, 1.165) is 11.3 Å². The third kappa shape index (κ3) is 3.82. The van der Waals surface area contributed by atoms with Gasteiger partial charge in [-0.15, -0.1) is 11.3 Å². The fraction of sp³-hybridized carbons (Fsp3) is 0.111. The van der Waals surface area contributed by atoms with Crippen LogP contribution in [0.1, 0.15) is 21.6 Å². The maximum atomic E-state index is 12.5. The molecule has 1 heterocycles. The van der Waals surface area contributed by atoms with Crippen LogP contribution < -0.4 is 4.80 Å². The normalized spacial score (nSPS) is 11.8. The van der Waals surface area contributed by atoms with Crippen LogP contribution in [0, 0.1) is 13.8 Å². The second-order valence-electron chi connectivity index (χ2n) is 5.50. The first-order valence-electron chi connectivity index (χ1n) is 7.34. The van der Waals surface area contributed by atoms with E-state index in [1.165, 1.54) is 11.3 Å². The molecule has 0 saturated carbocycles. The fourth-order valence-electron chi connectivity index (χ4n) is 2.38. The maximum Gasteiger partial charge on any atom is 0.279 e. The summed E-state index contributed by atoms with van der Waals surface area (Å²) in [5.74, 6) is -0.310. The van der Waals surface area contributed by atoms with Gasteiger partial charge in [-0.2, -0.15) is 4.99 Å². The first kappa shape index (κ1) is 18.2. The number of halogens is 3. The number of nitrogens with zero attached hydrogens (tertiary/aromatic N) is 2. The van der Waals surface area contributed by atoms with Crippen molar-refractivity contribution in [2.45, 2.75) is 13.8 Å². The summed E-state index contributed by atoms with van der Waals surface area (Å²) in [6.07, 6.45) is 0. The molecule has 0 unspecified atom stereocenters. The minimum atomic E-state index is -0.310. The molecule has 0 spiro atoms. The molecule has 0 bridgehead atoms. The van der Waals surface area contributed by atoms with Crippen LogP contribution in [-0.4, -0.2) is 10.5 Å². The Kier molecular flexibility index (Phi) is 5.35. The van der Waals surface area contributed by atoms with E-state index < -0.39 is 0 Å². The van der Waals surface area contributed by atoms with E-state index in [1.54, 1.807) is 22.8 Å². The summed E-state index contributed by atoms with van der Waals surface area (Å²) in [5, 5.41) is 3.09. The van der Waals surface area contributed by atoms with Crippen molar-refractivity contribution in [2.75, 3.05) is 0 Å². The fourth-order valence-corrected chi connectivity index (χ4v) is 3.87. The smallest absolute Gasteiger partial charge is 0.279 e. The molecule has 0 saturated heterocycles. The van der Waals surface area contributed by atoms with Gasteiger partial charge in [-0.05, 0) is 38.1 Å². The summed E-state index contributed by atoms with van der Waals surface area (Å²) in [5.41, 5.74) is 3.06. The number of aromatic nitrogens is 1. The predicted molar refractivity (Wildman–Crippen MR) is 104 cm³/mol. The Balaban J connectivity index is 2.15. The lowest BCUT2D eigenvalue weighted by molar-refractivity contribution is 0.0998. The lowest BCUT2D eigenvalue weighted by atomic mass is 10.1. The number of rotatable bonds is 2. The van der Waals surface area contributed by atoms with Gasteiger partial charge in [-0.3, -0.25) is 9.36 Å². The molecule has 0 aliphatic heterocycles. The van der Waals surface area contributed by atoms with E-state index in [2.05, 4.69) is 4.99 Å². The molecular weight excluding hydrogens is 399 g/mol. The Morgan fingerprint density at radius 1 is 1.04 bits per heavy atom. The summed E-state index contributed by atoms with van der Waals surface area (Å²) < 4.78 is 1.79. The Bertz CT molecular complexity index is 1040. The number of carbonyl (C=O) groups excluding carboxylic acids is 1. The average molecular weight is 412 g/mol. The van der Waals surface area contributed by atoms with Crippen LogP contribution in [0.4, 0.5) is 0 Å². The van der Waals surface area contributed by atoms with Gasteiger partial charge >= 0.3 is 0 Å². The van der Waals surface area contributed by atoms with Crippen molar-refractivity contribution in [3.05, 3.63) is 78.5 Å². The van der Waals surface area contributed by atoms with Gasteiger partial charge < -0.3 is 0 Å². The number of thiazole rings is 1. The number of amides is 1. The van der Waals surface area contributed by atoms with Crippen LogP contribution in [0.5, 0.6) is 0 Å². The van der Waals surface area contributed by atoms with Crippen molar-refractivity contribution < 1.29 is 4.79 Å². The number of hydrogen-bond donors (Lipinski definition) is 0. The number of benzene rings is 2. The van der Waals surface area contributed by atoms with Crippen molar-refractivity contribution in [1.82, 2.24) is 4.57 Å². The number of hydrogen-bond acceptors (Lipinski definition) is 2. The summed E-state index contributed by atoms with van der Waals surface area (Å²) in [6, 6.07) is 10.6. The maximum absolute atomic E-state index is 12.5.